The van der Waals surface area contributed by atoms with Crippen molar-refractivity contribution in [2.24, 2.45) is 5.92 Å². The highest BCUT2D eigenvalue weighted by atomic mass is 32.2. The van der Waals surface area contributed by atoms with Gasteiger partial charge in [-0.2, -0.15) is 0 Å². The zero-order chi connectivity index (χ0) is 37.1. The maximum atomic E-state index is 13.8. The summed E-state index contributed by atoms with van der Waals surface area (Å²) in [7, 11) is 0. The summed E-state index contributed by atoms with van der Waals surface area (Å²) in [6, 6.07) is 18.8. The number of likely N-dealkylation sites (tertiary alicyclic amines) is 1. The summed E-state index contributed by atoms with van der Waals surface area (Å²) in [5.74, 6) is -0.790. The smallest absolute Gasteiger partial charge is 0.408 e. The Morgan fingerprint density at radius 3 is 2.16 bits per heavy atom. The molecule has 12 heteroatoms. The van der Waals surface area contributed by atoms with Crippen LogP contribution in [0.4, 0.5) is 4.79 Å². The number of hydrogen-bond acceptors (Lipinski definition) is 9. The molecule has 1 aliphatic rings. The van der Waals surface area contributed by atoms with E-state index in [1.165, 1.54) is 0 Å². The SMILES string of the molecule is Cc1cc(C)nc(S[C@@H]2CCN(C[C@@H](O)[C@H](Cc3ccccc3)NC(=O)[C@@H](NC(=O)OCc3ccccc3)C(C)C)[C@H](C(=O)NC(C)(C)C)C2)n1. The number of β-amino-alcohol motifs (C(OH)–C–C–N with tert-alkyl or cyclic N) is 1. The van der Waals surface area contributed by atoms with Gasteiger partial charge in [-0.25, -0.2) is 14.8 Å². The number of amides is 3. The number of aliphatic hydroxyl groups excluding tert-OH is 1. The van der Waals surface area contributed by atoms with Crippen molar-refractivity contribution in [3.63, 3.8) is 0 Å². The summed E-state index contributed by atoms with van der Waals surface area (Å²) >= 11 is 1.59. The fraction of sp³-hybridized carbons (Fsp3) is 0.513. The van der Waals surface area contributed by atoms with Crippen molar-refractivity contribution >= 4 is 29.7 Å². The predicted octanol–water partition coefficient (Wildman–Crippen LogP) is 4.97. The standard InChI is InChI=1S/C39H54N6O5S/c1-25(2)34(43-38(49)50-24-29-16-12-9-13-17-29)36(48)42-31(21-28-14-10-8-11-15-28)33(46)23-45-19-18-30(22-32(45)35(47)44-39(5,6)7)51-37-40-26(3)20-27(4)41-37/h8-17,20,25,30-34,46H,18-19,21-24H2,1-7H3,(H,42,48)(H,43,49)(H,44,47)/t30-,31+,32+,33-,34+/m1/s1. The van der Waals surface area contributed by atoms with Crippen LogP contribution in [-0.4, -0.2) is 86.0 Å². The molecule has 0 bridgehead atoms. The van der Waals surface area contributed by atoms with Crippen LogP contribution in [0.25, 0.3) is 0 Å². The Kier molecular flexibility index (Phi) is 14.4. The van der Waals surface area contributed by atoms with Gasteiger partial charge in [0.1, 0.15) is 12.6 Å². The van der Waals surface area contributed by atoms with Gasteiger partial charge in [0.05, 0.1) is 18.2 Å². The van der Waals surface area contributed by atoms with Crippen LogP contribution < -0.4 is 16.0 Å². The van der Waals surface area contributed by atoms with Crippen LogP contribution in [0.3, 0.4) is 0 Å². The molecule has 2 heterocycles. The number of thioether (sulfide) groups is 1. The first-order valence-electron chi connectivity index (χ1n) is 17.7. The second-order valence-corrected chi connectivity index (χ2v) is 16.0. The van der Waals surface area contributed by atoms with Crippen LogP contribution >= 0.6 is 11.8 Å². The number of ether oxygens (including phenoxy) is 1. The number of rotatable bonds is 14. The molecular weight excluding hydrogens is 665 g/mol. The first-order valence-corrected chi connectivity index (χ1v) is 18.6. The van der Waals surface area contributed by atoms with Crippen molar-refractivity contribution in [1.82, 2.24) is 30.8 Å². The summed E-state index contributed by atoms with van der Waals surface area (Å²) in [4.78, 5) is 51.6. The van der Waals surface area contributed by atoms with E-state index in [0.717, 1.165) is 28.9 Å². The van der Waals surface area contributed by atoms with Crippen molar-refractivity contribution < 1.29 is 24.2 Å². The van der Waals surface area contributed by atoms with E-state index < -0.39 is 41.8 Å². The number of aliphatic hydroxyl groups is 1. The van der Waals surface area contributed by atoms with E-state index in [1.807, 2.05) is 120 Å². The molecule has 1 fully saturated rings. The normalized spacial score (nSPS) is 18.4. The highest BCUT2D eigenvalue weighted by molar-refractivity contribution is 7.99. The molecule has 2 aromatic carbocycles. The van der Waals surface area contributed by atoms with Gasteiger partial charge in [0.15, 0.2) is 5.16 Å². The molecule has 0 aliphatic carbocycles. The fourth-order valence-corrected chi connectivity index (χ4v) is 7.34. The minimum Gasteiger partial charge on any atom is -0.445 e. The number of piperidine rings is 1. The third-order valence-corrected chi connectivity index (χ3v) is 9.80. The largest absolute Gasteiger partial charge is 0.445 e. The van der Waals surface area contributed by atoms with E-state index in [4.69, 9.17) is 4.74 Å². The van der Waals surface area contributed by atoms with Crippen LogP contribution in [-0.2, 0) is 27.4 Å². The summed E-state index contributed by atoms with van der Waals surface area (Å²) in [6.07, 6.45) is -0.0497. The lowest BCUT2D eigenvalue weighted by atomic mass is 9.95. The molecule has 1 saturated heterocycles. The van der Waals surface area contributed by atoms with Crippen LogP contribution in [0, 0.1) is 19.8 Å². The van der Waals surface area contributed by atoms with E-state index >= 15 is 0 Å². The average molecular weight is 719 g/mol. The maximum absolute atomic E-state index is 13.8. The van der Waals surface area contributed by atoms with E-state index in [-0.39, 0.29) is 30.2 Å². The van der Waals surface area contributed by atoms with Gasteiger partial charge in [-0.05, 0) is 77.0 Å². The molecule has 0 spiro atoms. The number of carbonyl (C=O) groups is 3. The summed E-state index contributed by atoms with van der Waals surface area (Å²) in [6.45, 7) is 14.2. The number of benzene rings is 2. The number of nitrogens with one attached hydrogen (secondary N) is 3. The molecule has 11 nitrogen and oxygen atoms in total. The second kappa shape index (κ2) is 18.5. The molecule has 0 unspecified atom stereocenters. The lowest BCUT2D eigenvalue weighted by molar-refractivity contribution is -0.130. The van der Waals surface area contributed by atoms with Gasteiger partial charge in [-0.1, -0.05) is 86.3 Å². The Bertz CT molecular complexity index is 1570. The topological polar surface area (TPSA) is 146 Å². The van der Waals surface area contributed by atoms with Crippen molar-refractivity contribution in [3.05, 3.63) is 89.2 Å². The number of alkyl carbamates (subject to hydrolysis) is 1. The molecule has 51 heavy (non-hydrogen) atoms. The molecule has 4 rings (SSSR count). The highest BCUT2D eigenvalue weighted by Gasteiger charge is 2.38. The van der Waals surface area contributed by atoms with Gasteiger partial charge < -0.3 is 25.8 Å². The summed E-state index contributed by atoms with van der Waals surface area (Å²) in [5, 5.41) is 21.6. The minimum absolute atomic E-state index is 0.0747. The fourth-order valence-electron chi connectivity index (χ4n) is 6.15. The van der Waals surface area contributed by atoms with E-state index in [9.17, 15) is 19.5 Å². The molecule has 0 saturated carbocycles. The third-order valence-electron chi connectivity index (χ3n) is 8.65. The highest BCUT2D eigenvalue weighted by Crippen LogP contribution is 2.32. The van der Waals surface area contributed by atoms with Gasteiger partial charge in [-0.15, -0.1) is 0 Å². The van der Waals surface area contributed by atoms with Crippen LogP contribution in [0.2, 0.25) is 0 Å². The van der Waals surface area contributed by atoms with Gasteiger partial charge in [0.2, 0.25) is 11.8 Å². The number of aryl methyl sites for hydroxylation is 2. The molecule has 4 N–H and O–H groups in total. The summed E-state index contributed by atoms with van der Waals surface area (Å²) < 4.78 is 5.40. The van der Waals surface area contributed by atoms with Gasteiger partial charge in [0.25, 0.3) is 0 Å². The summed E-state index contributed by atoms with van der Waals surface area (Å²) in [5.41, 5.74) is 3.13. The van der Waals surface area contributed by atoms with Crippen molar-refractivity contribution in [1.29, 1.82) is 0 Å². The first kappa shape index (κ1) is 39.8. The molecule has 5 atom stereocenters. The molecule has 3 amide bonds. The Morgan fingerprint density at radius 1 is 0.961 bits per heavy atom. The Hall–Kier alpha value is -4.00. The quantitative estimate of drug-likeness (QED) is 0.170. The molecule has 3 aromatic rings. The lowest BCUT2D eigenvalue weighted by Crippen LogP contribution is -2.60. The Labute approximate surface area is 306 Å². The number of aromatic nitrogens is 2. The zero-order valence-electron chi connectivity index (χ0n) is 30.9. The molecule has 1 aliphatic heterocycles. The van der Waals surface area contributed by atoms with E-state index in [1.54, 1.807) is 11.8 Å². The van der Waals surface area contributed by atoms with Crippen molar-refractivity contribution in [3.8, 4) is 0 Å². The number of carbonyl (C=O) groups excluding carboxylic acids is 3. The third kappa shape index (κ3) is 12.9. The molecule has 1 aromatic heterocycles. The monoisotopic (exact) mass is 718 g/mol. The second-order valence-electron chi connectivity index (χ2n) is 14.7. The zero-order valence-corrected chi connectivity index (χ0v) is 31.7. The van der Waals surface area contributed by atoms with Crippen LogP contribution in [0.1, 0.15) is 70.0 Å². The minimum atomic E-state index is -1.02. The molecule has 276 valence electrons. The van der Waals surface area contributed by atoms with Gasteiger partial charge in [0, 0.05) is 35.3 Å². The Balaban J connectivity index is 1.49. The van der Waals surface area contributed by atoms with Crippen LogP contribution in [0.5, 0.6) is 0 Å². The Morgan fingerprint density at radius 2 is 1.57 bits per heavy atom. The molecular formula is C39H54N6O5S. The average Bonchev–Trinajstić information content (AvgIpc) is 3.06. The van der Waals surface area contributed by atoms with Gasteiger partial charge in [-0.3, -0.25) is 14.5 Å². The first-order chi connectivity index (χ1) is 24.2. The number of hydrogen-bond donors (Lipinski definition) is 4. The van der Waals surface area contributed by atoms with Crippen molar-refractivity contribution in [2.45, 2.75) is 115 Å². The van der Waals surface area contributed by atoms with Crippen LogP contribution in [0.15, 0.2) is 71.9 Å². The van der Waals surface area contributed by atoms with Crippen molar-refractivity contribution in [2.75, 3.05) is 13.1 Å². The maximum Gasteiger partial charge on any atom is 0.408 e. The predicted molar refractivity (Wildman–Crippen MR) is 200 cm³/mol. The molecule has 0 radical (unpaired) electrons. The van der Waals surface area contributed by atoms with Gasteiger partial charge >= 0.3 is 6.09 Å². The lowest BCUT2D eigenvalue weighted by Gasteiger charge is -2.41. The number of nitrogens with zero attached hydrogens (tertiary/aromatic N) is 3. The van der Waals surface area contributed by atoms with E-state index in [0.29, 0.717) is 24.5 Å². The van der Waals surface area contributed by atoms with E-state index in [2.05, 4.69) is 25.9 Å².